The van der Waals surface area contributed by atoms with Gasteiger partial charge in [-0.15, -0.1) is 0 Å². The number of ketones is 1. The molecular formula is C9H16O3. The van der Waals surface area contributed by atoms with E-state index in [4.69, 9.17) is 4.79 Å². The zero-order chi connectivity index (χ0) is 10.4. The molecule has 0 spiro atoms. The summed E-state index contributed by atoms with van der Waals surface area (Å²) in [6, 6.07) is 0. The molecule has 0 atom stereocenters. The Labute approximate surface area is 73.5 Å². The smallest absolute Gasteiger partial charge is 0.142 e. The van der Waals surface area contributed by atoms with E-state index in [0.29, 0.717) is 0 Å². The van der Waals surface area contributed by atoms with Crippen molar-refractivity contribution >= 4 is 18.4 Å². The average molecular weight is 172 g/mol. The van der Waals surface area contributed by atoms with Crippen molar-refractivity contribution in [2.24, 2.45) is 0 Å². The Morgan fingerprint density at radius 2 is 1.33 bits per heavy atom. The number of carbonyl (C=O) groups excluding carboxylic acids is 3. The molecule has 3 nitrogen and oxygen atoms in total. The molecule has 0 heterocycles. The van der Waals surface area contributed by atoms with Crippen molar-refractivity contribution < 1.29 is 14.4 Å². The summed E-state index contributed by atoms with van der Waals surface area (Å²) in [5.74, 6) is 0.167. The molecule has 0 aliphatic carbocycles. The van der Waals surface area contributed by atoms with Crippen LogP contribution in [-0.4, -0.2) is 18.4 Å². The molecule has 0 saturated carbocycles. The average Bonchev–Trinajstić information content (AvgIpc) is 1.89. The first-order valence-electron chi connectivity index (χ1n) is 3.50. The van der Waals surface area contributed by atoms with E-state index < -0.39 is 0 Å². The van der Waals surface area contributed by atoms with Crippen molar-refractivity contribution in [3.63, 3.8) is 0 Å². The van der Waals surface area contributed by atoms with E-state index >= 15 is 0 Å². The molecule has 0 amide bonds. The van der Waals surface area contributed by atoms with Gasteiger partial charge in [0.1, 0.15) is 18.4 Å². The van der Waals surface area contributed by atoms with E-state index in [0.717, 1.165) is 12.6 Å². The molecule has 0 radical (unpaired) electrons. The molecule has 3 heteroatoms. The van der Waals surface area contributed by atoms with Gasteiger partial charge in [0, 0.05) is 0 Å². The molecule has 0 unspecified atom stereocenters. The Bertz CT molecular complexity index is 133. The minimum absolute atomic E-state index is 0.167. The fourth-order valence-electron chi connectivity index (χ4n) is 0.0786. The summed E-state index contributed by atoms with van der Waals surface area (Å²) in [4.78, 5) is 27.6. The SMILES string of the molecule is C/C=C/C=O.CC(C)=O.CC=O. The zero-order valence-corrected chi connectivity index (χ0v) is 8.03. The zero-order valence-electron chi connectivity index (χ0n) is 8.03. The summed E-state index contributed by atoms with van der Waals surface area (Å²) in [5, 5.41) is 0. The van der Waals surface area contributed by atoms with Crippen molar-refractivity contribution in [2.45, 2.75) is 27.7 Å². The van der Waals surface area contributed by atoms with Gasteiger partial charge in [0.05, 0.1) is 0 Å². The van der Waals surface area contributed by atoms with Crippen LogP contribution in [0.4, 0.5) is 0 Å². The highest BCUT2D eigenvalue weighted by Crippen LogP contribution is 1.55. The highest BCUT2D eigenvalue weighted by atomic mass is 16.1. The lowest BCUT2D eigenvalue weighted by Gasteiger charge is -1.56. The molecule has 0 bridgehead atoms. The minimum atomic E-state index is 0.167. The Kier molecular flexibility index (Phi) is 32.0. The van der Waals surface area contributed by atoms with E-state index in [-0.39, 0.29) is 5.78 Å². The fraction of sp³-hybridized carbons (Fsp3) is 0.444. The van der Waals surface area contributed by atoms with Crippen LogP contribution < -0.4 is 0 Å². The normalized spacial score (nSPS) is 7.00. The van der Waals surface area contributed by atoms with Gasteiger partial charge in [-0.3, -0.25) is 4.79 Å². The van der Waals surface area contributed by atoms with Crippen LogP contribution in [0.25, 0.3) is 0 Å². The maximum atomic E-state index is 9.44. The number of hydrogen-bond acceptors (Lipinski definition) is 3. The summed E-state index contributed by atoms with van der Waals surface area (Å²) in [5.41, 5.74) is 0. The monoisotopic (exact) mass is 172 g/mol. The number of hydrogen-bond donors (Lipinski definition) is 0. The summed E-state index contributed by atoms with van der Waals surface area (Å²) in [6.07, 6.45) is 4.63. The molecule has 0 aromatic heterocycles. The topological polar surface area (TPSA) is 51.2 Å². The van der Waals surface area contributed by atoms with E-state index in [2.05, 4.69) is 0 Å². The third-order valence-electron chi connectivity index (χ3n) is 0.271. The molecule has 0 N–H and O–H groups in total. The van der Waals surface area contributed by atoms with Gasteiger partial charge in [-0.05, 0) is 33.8 Å². The lowest BCUT2D eigenvalue weighted by atomic mass is 10.6. The molecular weight excluding hydrogens is 156 g/mol. The summed E-state index contributed by atoms with van der Waals surface area (Å²) in [7, 11) is 0. The quantitative estimate of drug-likeness (QED) is 0.445. The van der Waals surface area contributed by atoms with Crippen molar-refractivity contribution in [1.82, 2.24) is 0 Å². The second-order valence-electron chi connectivity index (χ2n) is 1.81. The van der Waals surface area contributed by atoms with Crippen LogP contribution in [0.2, 0.25) is 0 Å². The highest BCUT2D eigenvalue weighted by molar-refractivity contribution is 5.72. The van der Waals surface area contributed by atoms with Crippen LogP contribution in [0.15, 0.2) is 12.2 Å². The van der Waals surface area contributed by atoms with Crippen molar-refractivity contribution in [3.8, 4) is 0 Å². The van der Waals surface area contributed by atoms with E-state index in [1.807, 2.05) is 0 Å². The molecule has 0 aromatic rings. The van der Waals surface area contributed by atoms with Gasteiger partial charge in [-0.1, -0.05) is 6.08 Å². The second kappa shape index (κ2) is 22.6. The van der Waals surface area contributed by atoms with Crippen molar-refractivity contribution in [1.29, 1.82) is 0 Å². The van der Waals surface area contributed by atoms with Gasteiger partial charge < -0.3 is 9.59 Å². The van der Waals surface area contributed by atoms with Crippen LogP contribution in [0.5, 0.6) is 0 Å². The molecule has 0 aliphatic heterocycles. The first-order chi connectivity index (χ1) is 5.56. The number of Topliss-reactive ketones (excluding diaryl/α,β-unsaturated/α-hetero) is 1. The van der Waals surface area contributed by atoms with Crippen molar-refractivity contribution in [3.05, 3.63) is 12.2 Å². The number of aldehydes is 2. The van der Waals surface area contributed by atoms with Crippen LogP contribution in [0.1, 0.15) is 27.7 Å². The third kappa shape index (κ3) is 934. The van der Waals surface area contributed by atoms with Gasteiger partial charge in [-0.25, -0.2) is 0 Å². The first kappa shape index (κ1) is 17.0. The fourth-order valence-corrected chi connectivity index (χ4v) is 0.0786. The number of carbonyl (C=O) groups is 3. The van der Waals surface area contributed by atoms with Crippen LogP contribution in [-0.2, 0) is 14.4 Å². The predicted molar refractivity (Wildman–Crippen MR) is 49.0 cm³/mol. The van der Waals surface area contributed by atoms with E-state index in [1.54, 1.807) is 13.0 Å². The van der Waals surface area contributed by atoms with Gasteiger partial charge >= 0.3 is 0 Å². The van der Waals surface area contributed by atoms with Gasteiger partial charge in [0.25, 0.3) is 0 Å². The van der Waals surface area contributed by atoms with Crippen LogP contribution >= 0.6 is 0 Å². The summed E-state index contributed by atoms with van der Waals surface area (Å²) < 4.78 is 0. The van der Waals surface area contributed by atoms with Crippen molar-refractivity contribution in [2.75, 3.05) is 0 Å². The van der Waals surface area contributed by atoms with E-state index in [9.17, 15) is 9.59 Å². The first-order valence-corrected chi connectivity index (χ1v) is 3.50. The highest BCUT2D eigenvalue weighted by Gasteiger charge is 1.62. The van der Waals surface area contributed by atoms with Crippen LogP contribution in [0, 0.1) is 0 Å². The van der Waals surface area contributed by atoms with Crippen LogP contribution in [0.3, 0.4) is 0 Å². The summed E-state index contributed by atoms with van der Waals surface area (Å²) >= 11 is 0. The van der Waals surface area contributed by atoms with Gasteiger partial charge in [0.2, 0.25) is 0 Å². The Balaban J connectivity index is -0.000000105. The molecule has 70 valence electrons. The molecule has 0 rings (SSSR count). The maximum Gasteiger partial charge on any atom is 0.142 e. The Morgan fingerprint density at radius 3 is 1.33 bits per heavy atom. The number of allylic oxidation sites excluding steroid dienone is 2. The Hall–Kier alpha value is -1.25. The largest absolute Gasteiger partial charge is 0.304 e. The summed E-state index contributed by atoms with van der Waals surface area (Å²) in [6.45, 7) is 6.30. The Morgan fingerprint density at radius 1 is 1.08 bits per heavy atom. The lowest BCUT2D eigenvalue weighted by molar-refractivity contribution is -0.115. The van der Waals surface area contributed by atoms with Gasteiger partial charge in [-0.2, -0.15) is 0 Å². The predicted octanol–water partition coefficient (Wildman–Crippen LogP) is 1.56. The van der Waals surface area contributed by atoms with Gasteiger partial charge in [0.15, 0.2) is 0 Å². The molecule has 0 saturated heterocycles. The number of rotatable bonds is 1. The molecule has 0 fully saturated rings. The van der Waals surface area contributed by atoms with E-state index in [1.165, 1.54) is 26.8 Å². The molecule has 0 aromatic carbocycles. The molecule has 12 heavy (non-hydrogen) atoms. The molecule has 0 aliphatic rings. The minimum Gasteiger partial charge on any atom is -0.304 e. The lowest BCUT2D eigenvalue weighted by Crippen LogP contribution is -1.69. The third-order valence-corrected chi connectivity index (χ3v) is 0.271. The standard InChI is InChI=1S/C4H6O.C3H6O.C2H4O/c1-2-3-4-5;1-3(2)4;1-2-3/h2-4H,1H3;1-2H3;2H,1H3/b3-2+;;. The maximum absolute atomic E-state index is 9.44. The second-order valence-corrected chi connectivity index (χ2v) is 1.81.